The quantitative estimate of drug-likeness (QED) is 0.606. The van der Waals surface area contributed by atoms with Crippen LogP contribution in [0.25, 0.3) is 0 Å². The van der Waals surface area contributed by atoms with Crippen LogP contribution >= 0.6 is 0 Å². The molecule has 2 heterocycles. The lowest BCUT2D eigenvalue weighted by atomic mass is 9.88. The molecule has 0 spiro atoms. The molecule has 94 valence electrons. The summed E-state index contributed by atoms with van der Waals surface area (Å²) in [5, 5.41) is 2.80. The summed E-state index contributed by atoms with van der Waals surface area (Å²) in [4.78, 5) is 38.1. The Hall–Kier alpha value is -1.43. The Kier molecular flexibility index (Phi) is 3.15. The Morgan fingerprint density at radius 3 is 2.65 bits per heavy atom. The summed E-state index contributed by atoms with van der Waals surface area (Å²) >= 11 is 0. The molecule has 3 amide bonds. The largest absolute Gasteiger partial charge is 0.341 e. The lowest BCUT2D eigenvalue weighted by molar-refractivity contribution is -0.138. The van der Waals surface area contributed by atoms with Crippen molar-refractivity contribution in [2.45, 2.75) is 6.42 Å². The van der Waals surface area contributed by atoms with Gasteiger partial charge in [0.15, 0.2) is 0 Å². The van der Waals surface area contributed by atoms with Crippen LogP contribution < -0.4 is 5.32 Å². The number of likely N-dealkylation sites (N-methyl/N-ethyl adjacent to an activating group) is 1. The van der Waals surface area contributed by atoms with Crippen molar-refractivity contribution in [2.75, 3.05) is 33.7 Å². The minimum Gasteiger partial charge on any atom is -0.341 e. The maximum atomic E-state index is 11.8. The van der Waals surface area contributed by atoms with E-state index in [-0.39, 0.29) is 36.1 Å². The van der Waals surface area contributed by atoms with Crippen LogP contribution in [0.5, 0.6) is 0 Å². The predicted molar refractivity (Wildman–Crippen MR) is 59.9 cm³/mol. The molecule has 6 nitrogen and oxygen atoms in total. The number of carbonyl (C=O) groups excluding carboxylic acids is 3. The predicted octanol–water partition coefficient (Wildman–Crippen LogP) is -1.33. The van der Waals surface area contributed by atoms with E-state index < -0.39 is 0 Å². The first-order valence-corrected chi connectivity index (χ1v) is 5.80. The zero-order valence-corrected chi connectivity index (χ0v) is 10.1. The topological polar surface area (TPSA) is 69.7 Å². The van der Waals surface area contributed by atoms with Gasteiger partial charge in [-0.2, -0.15) is 0 Å². The van der Waals surface area contributed by atoms with E-state index in [0.29, 0.717) is 19.5 Å². The van der Waals surface area contributed by atoms with Gasteiger partial charge in [0.1, 0.15) is 0 Å². The number of rotatable bonds is 2. The summed E-state index contributed by atoms with van der Waals surface area (Å²) in [7, 11) is 3.23. The summed E-state index contributed by atoms with van der Waals surface area (Å²) in [5.74, 6) is -0.809. The fourth-order valence-corrected chi connectivity index (χ4v) is 2.59. The van der Waals surface area contributed by atoms with Crippen LogP contribution in [0.4, 0.5) is 0 Å². The van der Waals surface area contributed by atoms with E-state index in [1.54, 1.807) is 11.9 Å². The molecule has 2 fully saturated rings. The molecule has 0 aromatic heterocycles. The van der Waals surface area contributed by atoms with Crippen LogP contribution in [0.2, 0.25) is 0 Å². The molecule has 0 aliphatic carbocycles. The molecule has 0 aromatic rings. The molecule has 6 heteroatoms. The first-order chi connectivity index (χ1) is 8.06. The molecule has 2 saturated heterocycles. The average molecular weight is 239 g/mol. The maximum Gasteiger partial charge on any atom is 0.236 e. The number of carbonyl (C=O) groups is 3. The second-order valence-electron chi connectivity index (χ2n) is 4.61. The third-order valence-corrected chi connectivity index (χ3v) is 3.59. The molecule has 1 N–H and O–H groups in total. The molecule has 0 bridgehead atoms. The van der Waals surface area contributed by atoms with Crippen molar-refractivity contribution in [3.05, 3.63) is 0 Å². The molecule has 0 unspecified atom stereocenters. The summed E-state index contributed by atoms with van der Waals surface area (Å²) in [5.41, 5.74) is 0. The number of likely N-dealkylation sites (tertiary alicyclic amines) is 2. The van der Waals surface area contributed by atoms with Crippen LogP contribution in [0.3, 0.4) is 0 Å². The van der Waals surface area contributed by atoms with E-state index in [4.69, 9.17) is 0 Å². The standard InChI is InChI=1S/C11H17N3O3/c1-12-5-9(15)14-4-3-7-8(6-14)11(17)13(2)10(7)16/h7-8,12H,3-6H2,1-2H3/t7-,8-/m0/s1. The Morgan fingerprint density at radius 2 is 2.00 bits per heavy atom. The lowest BCUT2D eigenvalue weighted by Gasteiger charge is -2.32. The van der Waals surface area contributed by atoms with Crippen LogP contribution in [0.15, 0.2) is 0 Å². The van der Waals surface area contributed by atoms with Gasteiger partial charge in [0.2, 0.25) is 17.7 Å². The molecule has 0 radical (unpaired) electrons. The van der Waals surface area contributed by atoms with Gasteiger partial charge >= 0.3 is 0 Å². The maximum absolute atomic E-state index is 11.8. The molecule has 2 aliphatic rings. The van der Waals surface area contributed by atoms with E-state index in [9.17, 15) is 14.4 Å². The molecule has 0 aromatic carbocycles. The van der Waals surface area contributed by atoms with Crippen LogP contribution in [0.1, 0.15) is 6.42 Å². The highest BCUT2D eigenvalue weighted by Crippen LogP contribution is 2.32. The van der Waals surface area contributed by atoms with Crippen LogP contribution in [-0.4, -0.2) is 61.3 Å². The number of amides is 3. The van der Waals surface area contributed by atoms with Gasteiger partial charge in [0, 0.05) is 20.1 Å². The van der Waals surface area contributed by atoms with Crippen molar-refractivity contribution in [3.63, 3.8) is 0 Å². The minimum absolute atomic E-state index is 0.0132. The first-order valence-electron chi connectivity index (χ1n) is 5.80. The van der Waals surface area contributed by atoms with Crippen LogP contribution in [0, 0.1) is 11.8 Å². The van der Waals surface area contributed by atoms with Crippen molar-refractivity contribution >= 4 is 17.7 Å². The molecule has 17 heavy (non-hydrogen) atoms. The number of hydrogen-bond acceptors (Lipinski definition) is 4. The Labute approximate surface area is 99.9 Å². The van der Waals surface area contributed by atoms with Crippen molar-refractivity contribution in [1.82, 2.24) is 15.1 Å². The van der Waals surface area contributed by atoms with Crippen molar-refractivity contribution in [1.29, 1.82) is 0 Å². The molecule has 0 saturated carbocycles. The molecular formula is C11H17N3O3. The molecule has 2 rings (SSSR count). The van der Waals surface area contributed by atoms with Crippen LogP contribution in [-0.2, 0) is 14.4 Å². The zero-order chi connectivity index (χ0) is 12.6. The molecular weight excluding hydrogens is 222 g/mol. The summed E-state index contributed by atoms with van der Waals surface area (Å²) in [6.45, 7) is 1.21. The number of hydrogen-bond donors (Lipinski definition) is 1. The summed E-state index contributed by atoms with van der Waals surface area (Å²) in [6.07, 6.45) is 0.592. The van der Waals surface area contributed by atoms with E-state index in [1.807, 2.05) is 0 Å². The number of nitrogens with zero attached hydrogens (tertiary/aromatic N) is 2. The Morgan fingerprint density at radius 1 is 1.35 bits per heavy atom. The molecule has 2 atom stereocenters. The Balaban J connectivity index is 2.07. The summed E-state index contributed by atoms with van der Waals surface area (Å²) < 4.78 is 0. The lowest BCUT2D eigenvalue weighted by Crippen LogP contribution is -2.47. The fourth-order valence-electron chi connectivity index (χ4n) is 2.59. The number of piperidine rings is 1. The van der Waals surface area contributed by atoms with E-state index in [1.165, 1.54) is 11.9 Å². The zero-order valence-electron chi connectivity index (χ0n) is 10.1. The fraction of sp³-hybridized carbons (Fsp3) is 0.727. The number of nitrogens with one attached hydrogen (secondary N) is 1. The van der Waals surface area contributed by atoms with Gasteiger partial charge < -0.3 is 10.2 Å². The normalized spacial score (nSPS) is 28.6. The van der Waals surface area contributed by atoms with Gasteiger partial charge in [-0.25, -0.2) is 0 Å². The van der Waals surface area contributed by atoms with Crippen molar-refractivity contribution < 1.29 is 14.4 Å². The number of fused-ring (bicyclic) bond motifs is 1. The number of imide groups is 1. The smallest absolute Gasteiger partial charge is 0.236 e. The highest BCUT2D eigenvalue weighted by Gasteiger charge is 2.48. The third-order valence-electron chi connectivity index (χ3n) is 3.59. The van der Waals surface area contributed by atoms with E-state index >= 15 is 0 Å². The average Bonchev–Trinajstić information content (AvgIpc) is 2.55. The SMILES string of the molecule is CNCC(=O)N1CC[C@@H]2C(=O)N(C)C(=O)[C@H]2C1. The van der Waals surface area contributed by atoms with Gasteiger partial charge in [-0.1, -0.05) is 0 Å². The minimum atomic E-state index is -0.331. The monoisotopic (exact) mass is 239 g/mol. The van der Waals surface area contributed by atoms with Gasteiger partial charge in [-0.3, -0.25) is 19.3 Å². The Bertz CT molecular complexity index is 369. The van der Waals surface area contributed by atoms with E-state index in [2.05, 4.69) is 5.32 Å². The highest BCUT2D eigenvalue weighted by molar-refractivity contribution is 6.05. The van der Waals surface area contributed by atoms with Gasteiger partial charge in [-0.05, 0) is 13.5 Å². The van der Waals surface area contributed by atoms with Gasteiger partial charge in [-0.15, -0.1) is 0 Å². The third kappa shape index (κ3) is 1.93. The van der Waals surface area contributed by atoms with Crippen molar-refractivity contribution in [2.24, 2.45) is 11.8 Å². The first kappa shape index (κ1) is 12.0. The molecule has 2 aliphatic heterocycles. The van der Waals surface area contributed by atoms with E-state index in [0.717, 1.165) is 0 Å². The second kappa shape index (κ2) is 4.44. The van der Waals surface area contributed by atoms with Gasteiger partial charge in [0.05, 0.1) is 18.4 Å². The summed E-state index contributed by atoms with van der Waals surface area (Å²) in [6, 6.07) is 0. The van der Waals surface area contributed by atoms with Gasteiger partial charge in [0.25, 0.3) is 0 Å². The second-order valence-corrected chi connectivity index (χ2v) is 4.61. The van der Waals surface area contributed by atoms with Crippen molar-refractivity contribution in [3.8, 4) is 0 Å². The highest BCUT2D eigenvalue weighted by atomic mass is 16.2.